The second kappa shape index (κ2) is 6.03. The molecule has 3 aromatic heterocycles. The smallest absolute Gasteiger partial charge is 0.256 e. The summed E-state index contributed by atoms with van der Waals surface area (Å²) in [5.74, 6) is 0.653. The average molecular weight is 393 g/mol. The minimum atomic E-state index is -3.79. The van der Waals surface area contributed by atoms with Gasteiger partial charge in [0.25, 0.3) is 5.16 Å². The van der Waals surface area contributed by atoms with Gasteiger partial charge >= 0.3 is 0 Å². The Bertz CT molecular complexity index is 1410. The number of hydrogen-bond donors (Lipinski definition) is 0. The lowest BCUT2D eigenvalue weighted by Crippen LogP contribution is -2.09. The minimum Gasteiger partial charge on any atom is -0.356 e. The first-order valence-electron chi connectivity index (χ1n) is 8.57. The van der Waals surface area contributed by atoms with Crippen LogP contribution in [0.4, 0.5) is 0 Å². The summed E-state index contributed by atoms with van der Waals surface area (Å²) in [6.07, 6.45) is 0. The molecular weight excluding hydrogens is 378 g/mol. The molecule has 0 bridgehead atoms. The monoisotopic (exact) mass is 393 g/mol. The molecule has 0 saturated carbocycles. The van der Waals surface area contributed by atoms with Crippen molar-refractivity contribution in [1.29, 1.82) is 0 Å². The van der Waals surface area contributed by atoms with Gasteiger partial charge in [0.2, 0.25) is 15.6 Å². The number of imidazole rings is 1. The Morgan fingerprint density at radius 1 is 0.964 bits per heavy atom. The Hall–Kier alpha value is -3.46. The van der Waals surface area contributed by atoms with E-state index in [0.717, 1.165) is 16.6 Å². The van der Waals surface area contributed by atoms with Gasteiger partial charge in [-0.3, -0.25) is 0 Å². The largest absolute Gasteiger partial charge is 0.356 e. The SMILES string of the molecule is Cn1c2ccccc2n2c(S(=O)(=O)Cc3cc(-c4ccccc4)on3)nnc12. The molecule has 0 radical (unpaired) electrons. The fraction of sp³-hybridized carbons (Fsp3) is 0.105. The summed E-state index contributed by atoms with van der Waals surface area (Å²) < 4.78 is 34.8. The molecule has 0 N–H and O–H groups in total. The lowest BCUT2D eigenvalue weighted by Gasteiger charge is -1.99. The van der Waals surface area contributed by atoms with Gasteiger partial charge < -0.3 is 9.09 Å². The fourth-order valence-electron chi connectivity index (χ4n) is 3.31. The van der Waals surface area contributed by atoms with Gasteiger partial charge in [0.05, 0.1) is 16.7 Å². The number of para-hydroxylation sites is 2. The van der Waals surface area contributed by atoms with Crippen molar-refractivity contribution in [3.8, 4) is 11.3 Å². The number of benzene rings is 2. The van der Waals surface area contributed by atoms with E-state index >= 15 is 0 Å². The predicted octanol–water partition coefficient (Wildman–Crippen LogP) is 2.85. The molecule has 0 amide bonds. The van der Waals surface area contributed by atoms with Crippen molar-refractivity contribution in [2.24, 2.45) is 7.05 Å². The number of rotatable bonds is 4. The second-order valence-electron chi connectivity index (χ2n) is 6.47. The Morgan fingerprint density at radius 3 is 2.46 bits per heavy atom. The molecule has 8 nitrogen and oxygen atoms in total. The highest BCUT2D eigenvalue weighted by Gasteiger charge is 2.27. The van der Waals surface area contributed by atoms with Crippen LogP contribution in [0.15, 0.2) is 70.3 Å². The molecule has 0 aliphatic carbocycles. The van der Waals surface area contributed by atoms with Crippen molar-refractivity contribution >= 4 is 26.6 Å². The van der Waals surface area contributed by atoms with E-state index in [1.807, 2.05) is 66.2 Å². The Balaban J connectivity index is 1.57. The summed E-state index contributed by atoms with van der Waals surface area (Å²) in [4.78, 5) is 0. The molecule has 0 fully saturated rings. The van der Waals surface area contributed by atoms with Crippen molar-refractivity contribution in [1.82, 2.24) is 24.3 Å². The van der Waals surface area contributed by atoms with E-state index in [9.17, 15) is 8.42 Å². The topological polar surface area (TPSA) is 95.3 Å². The van der Waals surface area contributed by atoms with Crippen LogP contribution < -0.4 is 0 Å². The zero-order valence-corrected chi connectivity index (χ0v) is 15.7. The molecule has 5 aromatic rings. The summed E-state index contributed by atoms with van der Waals surface area (Å²) >= 11 is 0. The molecule has 2 aromatic carbocycles. The Kier molecular flexibility index (Phi) is 3.59. The van der Waals surface area contributed by atoms with E-state index in [1.54, 1.807) is 10.5 Å². The number of aromatic nitrogens is 5. The van der Waals surface area contributed by atoms with Crippen LogP contribution >= 0.6 is 0 Å². The minimum absolute atomic E-state index is 0.108. The van der Waals surface area contributed by atoms with Gasteiger partial charge in [-0.1, -0.05) is 47.6 Å². The quantitative estimate of drug-likeness (QED) is 0.466. The zero-order valence-electron chi connectivity index (χ0n) is 14.8. The van der Waals surface area contributed by atoms with E-state index < -0.39 is 9.84 Å². The van der Waals surface area contributed by atoms with Crippen molar-refractivity contribution in [2.75, 3.05) is 0 Å². The molecule has 3 heterocycles. The van der Waals surface area contributed by atoms with Crippen LogP contribution in [0.5, 0.6) is 0 Å². The van der Waals surface area contributed by atoms with Gasteiger partial charge in [-0.2, -0.15) is 0 Å². The maximum absolute atomic E-state index is 13.1. The molecular formula is C19H15N5O3S. The van der Waals surface area contributed by atoms with Crippen molar-refractivity contribution in [2.45, 2.75) is 10.9 Å². The van der Waals surface area contributed by atoms with Gasteiger partial charge in [0.15, 0.2) is 5.76 Å². The van der Waals surface area contributed by atoms with Crippen molar-refractivity contribution in [3.63, 3.8) is 0 Å². The highest BCUT2D eigenvalue weighted by molar-refractivity contribution is 7.90. The number of hydrogen-bond acceptors (Lipinski definition) is 6. The molecule has 28 heavy (non-hydrogen) atoms. The Labute approximate surface area is 159 Å². The average Bonchev–Trinajstić information content (AvgIpc) is 3.40. The van der Waals surface area contributed by atoms with E-state index in [4.69, 9.17) is 4.52 Å². The van der Waals surface area contributed by atoms with Gasteiger partial charge in [-0.05, 0) is 12.1 Å². The molecule has 0 aliphatic heterocycles. The molecule has 5 rings (SSSR count). The van der Waals surface area contributed by atoms with Gasteiger partial charge in [-0.15, -0.1) is 10.2 Å². The number of fused-ring (bicyclic) bond motifs is 3. The first-order valence-corrected chi connectivity index (χ1v) is 10.2. The lowest BCUT2D eigenvalue weighted by atomic mass is 10.2. The summed E-state index contributed by atoms with van der Waals surface area (Å²) in [6.45, 7) is 0. The van der Waals surface area contributed by atoms with Crippen LogP contribution in [0, 0.1) is 0 Å². The van der Waals surface area contributed by atoms with E-state index in [1.165, 1.54) is 0 Å². The van der Waals surface area contributed by atoms with Crippen LogP contribution in [-0.4, -0.2) is 32.7 Å². The van der Waals surface area contributed by atoms with Crippen LogP contribution in [0.1, 0.15) is 5.69 Å². The van der Waals surface area contributed by atoms with E-state index in [-0.39, 0.29) is 10.9 Å². The predicted molar refractivity (Wildman–Crippen MR) is 102 cm³/mol. The molecule has 0 aliphatic rings. The summed E-state index contributed by atoms with van der Waals surface area (Å²) in [5.41, 5.74) is 2.75. The number of sulfone groups is 1. The zero-order chi connectivity index (χ0) is 19.3. The first kappa shape index (κ1) is 16.7. The maximum atomic E-state index is 13.1. The third-order valence-corrected chi connectivity index (χ3v) is 6.13. The van der Waals surface area contributed by atoms with Crippen LogP contribution in [-0.2, 0) is 22.6 Å². The van der Waals surface area contributed by atoms with Crippen LogP contribution in [0.3, 0.4) is 0 Å². The molecule has 0 spiro atoms. The number of aryl methyl sites for hydroxylation is 1. The molecule has 140 valence electrons. The second-order valence-corrected chi connectivity index (χ2v) is 8.36. The summed E-state index contributed by atoms with van der Waals surface area (Å²) in [6, 6.07) is 18.5. The summed E-state index contributed by atoms with van der Waals surface area (Å²) in [7, 11) is -1.96. The van der Waals surface area contributed by atoms with Gasteiger partial charge in [-0.25, -0.2) is 12.8 Å². The normalized spacial score (nSPS) is 12.2. The third kappa shape index (κ3) is 2.51. The molecule has 0 saturated heterocycles. The Morgan fingerprint density at radius 2 is 1.68 bits per heavy atom. The molecule has 9 heteroatoms. The highest BCUT2D eigenvalue weighted by atomic mass is 32.2. The molecule has 0 unspecified atom stereocenters. The first-order chi connectivity index (χ1) is 13.5. The highest BCUT2D eigenvalue weighted by Crippen LogP contribution is 2.25. The van der Waals surface area contributed by atoms with Gasteiger partial charge in [0, 0.05) is 18.7 Å². The van der Waals surface area contributed by atoms with Crippen molar-refractivity contribution in [3.05, 3.63) is 66.4 Å². The van der Waals surface area contributed by atoms with Gasteiger partial charge in [0.1, 0.15) is 5.75 Å². The standard InChI is InChI=1S/C19H15N5O3S/c1-23-15-9-5-6-10-16(15)24-18(23)20-21-19(24)28(25,26)12-14-11-17(27-22-14)13-7-3-2-4-8-13/h2-11H,12H2,1H3. The maximum Gasteiger partial charge on any atom is 0.256 e. The van der Waals surface area contributed by atoms with E-state index in [2.05, 4.69) is 15.4 Å². The third-order valence-electron chi connectivity index (χ3n) is 4.63. The number of nitrogens with zero attached hydrogens (tertiary/aromatic N) is 5. The summed E-state index contributed by atoms with van der Waals surface area (Å²) in [5, 5.41) is 11.8. The van der Waals surface area contributed by atoms with Crippen molar-refractivity contribution < 1.29 is 12.9 Å². The lowest BCUT2D eigenvalue weighted by molar-refractivity contribution is 0.425. The fourth-order valence-corrected chi connectivity index (χ4v) is 4.59. The van der Waals surface area contributed by atoms with E-state index in [0.29, 0.717) is 17.2 Å². The van der Waals surface area contributed by atoms with Crippen LogP contribution in [0.25, 0.3) is 28.1 Å². The molecule has 0 atom stereocenters. The van der Waals surface area contributed by atoms with Crippen LogP contribution in [0.2, 0.25) is 0 Å².